The molecular formula is C21H25N3O4. The Kier molecular flexibility index (Phi) is 6.16. The molecule has 0 spiro atoms. The third-order valence-corrected chi connectivity index (χ3v) is 4.92. The number of urea groups is 1. The molecule has 0 aromatic heterocycles. The lowest BCUT2D eigenvalue weighted by Crippen LogP contribution is -2.46. The van der Waals surface area contributed by atoms with Gasteiger partial charge in [0, 0.05) is 13.6 Å². The lowest BCUT2D eigenvalue weighted by atomic mass is 9.87. The van der Waals surface area contributed by atoms with Crippen molar-refractivity contribution in [3.8, 4) is 11.5 Å². The monoisotopic (exact) mass is 383 g/mol. The highest BCUT2D eigenvalue weighted by atomic mass is 16.5. The number of rotatable bonds is 5. The minimum absolute atomic E-state index is 0.112. The maximum Gasteiger partial charge on any atom is 0.321 e. The van der Waals surface area contributed by atoms with Crippen LogP contribution in [0.25, 0.3) is 0 Å². The fourth-order valence-electron chi connectivity index (χ4n) is 3.61. The van der Waals surface area contributed by atoms with E-state index in [9.17, 15) is 9.59 Å². The highest BCUT2D eigenvalue weighted by molar-refractivity contribution is 5.95. The molecule has 0 saturated carbocycles. The molecule has 2 aromatic rings. The van der Waals surface area contributed by atoms with E-state index in [1.54, 1.807) is 14.2 Å². The minimum Gasteiger partial charge on any atom is -0.493 e. The van der Waals surface area contributed by atoms with Crippen LogP contribution in [0.3, 0.4) is 0 Å². The number of amides is 3. The van der Waals surface area contributed by atoms with Crippen LogP contribution in [0.4, 0.5) is 4.79 Å². The summed E-state index contributed by atoms with van der Waals surface area (Å²) in [6.07, 6.45) is 0.770. The molecule has 1 heterocycles. The quantitative estimate of drug-likeness (QED) is 0.827. The molecule has 7 heteroatoms. The molecule has 0 bridgehead atoms. The van der Waals surface area contributed by atoms with Crippen molar-refractivity contribution >= 4 is 11.9 Å². The smallest absolute Gasteiger partial charge is 0.321 e. The van der Waals surface area contributed by atoms with Gasteiger partial charge in [0.15, 0.2) is 11.5 Å². The number of methoxy groups -OCH3 is 2. The first-order chi connectivity index (χ1) is 13.6. The fourth-order valence-corrected chi connectivity index (χ4v) is 3.61. The standard InChI is InChI=1S/C21H25N3O4/c1-22-21(26)23-19(25)13-24-10-9-15-11-17(27-2)18(28-3)12-16(15)20(24)14-7-5-4-6-8-14/h4-8,11-12,20H,9-10,13H2,1-3H3,(H2,22,23,25,26)/t20-/m0/s1. The van der Waals surface area contributed by atoms with E-state index in [4.69, 9.17) is 9.47 Å². The van der Waals surface area contributed by atoms with Gasteiger partial charge >= 0.3 is 6.03 Å². The molecule has 3 rings (SSSR count). The lowest BCUT2D eigenvalue weighted by molar-refractivity contribution is -0.121. The van der Waals surface area contributed by atoms with Crippen molar-refractivity contribution < 1.29 is 19.1 Å². The van der Waals surface area contributed by atoms with Crippen LogP contribution < -0.4 is 20.1 Å². The zero-order valence-electron chi connectivity index (χ0n) is 16.3. The molecule has 0 radical (unpaired) electrons. The minimum atomic E-state index is -0.509. The third-order valence-electron chi connectivity index (χ3n) is 4.92. The van der Waals surface area contributed by atoms with Gasteiger partial charge in [-0.05, 0) is 35.2 Å². The Morgan fingerprint density at radius 1 is 1.11 bits per heavy atom. The molecule has 2 N–H and O–H groups in total. The zero-order chi connectivity index (χ0) is 20.1. The van der Waals surface area contributed by atoms with Gasteiger partial charge in [0.1, 0.15) is 0 Å². The Morgan fingerprint density at radius 2 is 1.79 bits per heavy atom. The van der Waals surface area contributed by atoms with Gasteiger partial charge in [-0.15, -0.1) is 0 Å². The molecule has 0 fully saturated rings. The van der Waals surface area contributed by atoms with Crippen molar-refractivity contribution in [3.63, 3.8) is 0 Å². The number of nitrogens with one attached hydrogen (secondary N) is 2. The molecule has 2 aromatic carbocycles. The molecule has 0 unspecified atom stereocenters. The highest BCUT2D eigenvalue weighted by Gasteiger charge is 2.31. The van der Waals surface area contributed by atoms with E-state index in [-0.39, 0.29) is 18.5 Å². The van der Waals surface area contributed by atoms with Crippen molar-refractivity contribution in [2.75, 3.05) is 34.4 Å². The maximum atomic E-state index is 12.3. The van der Waals surface area contributed by atoms with Crippen LogP contribution in [0.1, 0.15) is 22.7 Å². The Balaban J connectivity index is 1.99. The van der Waals surface area contributed by atoms with Crippen molar-refractivity contribution in [1.29, 1.82) is 0 Å². The number of imide groups is 1. The largest absolute Gasteiger partial charge is 0.493 e. The van der Waals surface area contributed by atoms with Gasteiger partial charge in [0.2, 0.25) is 5.91 Å². The van der Waals surface area contributed by atoms with Crippen LogP contribution in [0, 0.1) is 0 Å². The summed E-state index contributed by atoms with van der Waals surface area (Å²) in [5.41, 5.74) is 3.31. The highest BCUT2D eigenvalue weighted by Crippen LogP contribution is 2.40. The molecule has 0 aliphatic carbocycles. The number of benzene rings is 2. The van der Waals surface area contributed by atoms with Gasteiger partial charge < -0.3 is 14.8 Å². The Morgan fingerprint density at radius 3 is 2.43 bits per heavy atom. The summed E-state index contributed by atoms with van der Waals surface area (Å²) in [5.74, 6) is 1.00. The van der Waals surface area contributed by atoms with Gasteiger partial charge in [-0.25, -0.2) is 4.79 Å². The molecule has 1 atom stereocenters. The summed E-state index contributed by atoms with van der Waals surface area (Å²) in [5, 5.41) is 4.74. The number of carbonyl (C=O) groups is 2. The van der Waals surface area contributed by atoms with E-state index in [0.717, 1.165) is 23.1 Å². The second-order valence-electron chi connectivity index (χ2n) is 6.57. The van der Waals surface area contributed by atoms with Gasteiger partial charge in [0.05, 0.1) is 26.8 Å². The van der Waals surface area contributed by atoms with Crippen LogP contribution in [0.2, 0.25) is 0 Å². The zero-order valence-corrected chi connectivity index (χ0v) is 16.3. The van der Waals surface area contributed by atoms with Crippen LogP contribution in [0.15, 0.2) is 42.5 Å². The van der Waals surface area contributed by atoms with Crippen molar-refractivity contribution in [3.05, 3.63) is 59.2 Å². The average molecular weight is 383 g/mol. The summed E-state index contributed by atoms with van der Waals surface area (Å²) in [7, 11) is 4.71. The van der Waals surface area contributed by atoms with Crippen molar-refractivity contribution in [2.24, 2.45) is 0 Å². The fraction of sp³-hybridized carbons (Fsp3) is 0.333. The SMILES string of the molecule is CNC(=O)NC(=O)CN1CCc2cc(OC)c(OC)cc2[C@@H]1c1ccccc1. The molecule has 7 nitrogen and oxygen atoms in total. The average Bonchev–Trinajstić information content (AvgIpc) is 2.72. The second-order valence-corrected chi connectivity index (χ2v) is 6.57. The molecule has 28 heavy (non-hydrogen) atoms. The summed E-state index contributed by atoms with van der Waals surface area (Å²) < 4.78 is 10.9. The molecule has 148 valence electrons. The van der Waals surface area contributed by atoms with Gasteiger partial charge in [-0.3, -0.25) is 15.0 Å². The summed E-state index contributed by atoms with van der Waals surface area (Å²) in [4.78, 5) is 25.9. The molecule has 0 saturated heterocycles. The predicted octanol–water partition coefficient (Wildman–Crippen LogP) is 2.11. The number of ether oxygens (including phenoxy) is 2. The summed E-state index contributed by atoms with van der Waals surface area (Å²) >= 11 is 0. The van der Waals surface area contributed by atoms with Gasteiger partial charge in [0.25, 0.3) is 0 Å². The summed E-state index contributed by atoms with van der Waals surface area (Å²) in [6.45, 7) is 0.796. The maximum absolute atomic E-state index is 12.3. The number of nitrogens with zero attached hydrogens (tertiary/aromatic N) is 1. The first-order valence-electron chi connectivity index (χ1n) is 9.12. The molecule has 1 aliphatic heterocycles. The topological polar surface area (TPSA) is 79.9 Å². The Labute approximate surface area is 164 Å². The van der Waals surface area contributed by atoms with Crippen molar-refractivity contribution in [1.82, 2.24) is 15.5 Å². The normalized spacial score (nSPS) is 16.0. The first-order valence-corrected chi connectivity index (χ1v) is 9.12. The van der Waals surface area contributed by atoms with Gasteiger partial charge in [-0.1, -0.05) is 30.3 Å². The van der Waals surface area contributed by atoms with E-state index in [1.807, 2.05) is 42.5 Å². The number of hydrogen-bond donors (Lipinski definition) is 2. The van der Waals surface area contributed by atoms with Crippen LogP contribution in [-0.4, -0.2) is 51.2 Å². The van der Waals surface area contributed by atoms with E-state index < -0.39 is 6.03 Å². The lowest BCUT2D eigenvalue weighted by Gasteiger charge is -2.37. The third kappa shape index (κ3) is 4.09. The van der Waals surface area contributed by atoms with E-state index in [1.165, 1.54) is 7.05 Å². The van der Waals surface area contributed by atoms with Gasteiger partial charge in [-0.2, -0.15) is 0 Å². The predicted molar refractivity (Wildman–Crippen MR) is 106 cm³/mol. The molecular weight excluding hydrogens is 358 g/mol. The molecule has 3 amide bonds. The van der Waals surface area contributed by atoms with E-state index >= 15 is 0 Å². The Hall–Kier alpha value is -3.06. The van der Waals surface area contributed by atoms with E-state index in [2.05, 4.69) is 15.5 Å². The van der Waals surface area contributed by atoms with Crippen LogP contribution >= 0.6 is 0 Å². The number of carbonyl (C=O) groups excluding carboxylic acids is 2. The van der Waals surface area contributed by atoms with Crippen LogP contribution in [0.5, 0.6) is 11.5 Å². The summed E-state index contributed by atoms with van der Waals surface area (Å²) in [6, 6.07) is 13.4. The first kappa shape index (κ1) is 19.7. The molecule has 1 aliphatic rings. The number of hydrogen-bond acceptors (Lipinski definition) is 5. The van der Waals surface area contributed by atoms with Crippen LogP contribution in [-0.2, 0) is 11.2 Å². The Bertz CT molecular complexity index is 854. The second kappa shape index (κ2) is 8.75. The van der Waals surface area contributed by atoms with Crippen molar-refractivity contribution in [2.45, 2.75) is 12.5 Å². The van der Waals surface area contributed by atoms with E-state index in [0.29, 0.717) is 18.0 Å². The number of fused-ring (bicyclic) bond motifs is 1.